The monoisotopic (exact) mass is 265 g/mol. The van der Waals surface area contributed by atoms with E-state index in [-0.39, 0.29) is 24.1 Å². The lowest BCUT2D eigenvalue weighted by atomic mass is 10.2. The summed E-state index contributed by atoms with van der Waals surface area (Å²) < 4.78 is 0. The van der Waals surface area contributed by atoms with Gasteiger partial charge in [-0.3, -0.25) is 19.3 Å². The lowest BCUT2D eigenvalue weighted by Crippen LogP contribution is -2.39. The summed E-state index contributed by atoms with van der Waals surface area (Å²) in [7, 11) is 0. The zero-order chi connectivity index (χ0) is 13.1. The highest BCUT2D eigenvalue weighted by molar-refractivity contribution is 7.14. The maximum Gasteiger partial charge on any atom is 0.229 e. The second-order valence-corrected chi connectivity index (χ2v) is 5.70. The number of thiophene rings is 1. The van der Waals surface area contributed by atoms with Gasteiger partial charge in [-0.1, -0.05) is 0 Å². The molecule has 1 saturated heterocycles. The number of amides is 2. The Balaban J connectivity index is 2.09. The molecule has 0 aliphatic carbocycles. The van der Waals surface area contributed by atoms with Crippen LogP contribution in [0.3, 0.4) is 0 Å². The number of rotatable bonds is 3. The third kappa shape index (κ3) is 2.85. The highest BCUT2D eigenvalue weighted by atomic mass is 32.1. The number of imide groups is 1. The molecular formula is C13H15NO3S. The molecule has 0 radical (unpaired) electrons. The Labute approximate surface area is 110 Å². The molecule has 18 heavy (non-hydrogen) atoms. The van der Waals surface area contributed by atoms with Gasteiger partial charge in [-0.05, 0) is 31.9 Å². The van der Waals surface area contributed by atoms with Crippen LogP contribution in [0.1, 0.15) is 40.2 Å². The lowest BCUT2D eigenvalue weighted by Gasteiger charge is -2.17. The number of Topliss-reactive ketones (excluding diaryl/α,β-unsaturated/α-hetero) is 1. The Hall–Kier alpha value is -1.49. The zero-order valence-corrected chi connectivity index (χ0v) is 11.1. The van der Waals surface area contributed by atoms with Crippen molar-refractivity contribution in [3.8, 4) is 0 Å². The van der Waals surface area contributed by atoms with Crippen molar-refractivity contribution in [1.82, 2.24) is 4.90 Å². The van der Waals surface area contributed by atoms with E-state index in [2.05, 4.69) is 0 Å². The first-order valence-corrected chi connectivity index (χ1v) is 6.82. The SMILES string of the molecule is Cc1ccc(C(=O)CN2C(=O)CCCCC2=O)s1. The Bertz CT molecular complexity index is 474. The standard InChI is InChI=1S/C13H15NO3S/c1-9-6-7-11(18-9)10(15)8-14-12(16)4-2-3-5-13(14)17/h6-7H,2-5,8H2,1H3. The summed E-state index contributed by atoms with van der Waals surface area (Å²) in [5, 5.41) is 0. The van der Waals surface area contributed by atoms with Crippen LogP contribution in [0, 0.1) is 6.92 Å². The molecule has 1 aromatic rings. The van der Waals surface area contributed by atoms with Gasteiger partial charge in [0.1, 0.15) is 0 Å². The van der Waals surface area contributed by atoms with Gasteiger partial charge in [-0.15, -0.1) is 11.3 Å². The highest BCUT2D eigenvalue weighted by Crippen LogP contribution is 2.18. The van der Waals surface area contributed by atoms with Gasteiger partial charge in [0.15, 0.2) is 5.78 Å². The van der Waals surface area contributed by atoms with Crippen molar-refractivity contribution in [2.45, 2.75) is 32.6 Å². The summed E-state index contributed by atoms with van der Waals surface area (Å²) in [4.78, 5) is 38.3. The first-order chi connectivity index (χ1) is 8.58. The van der Waals surface area contributed by atoms with Gasteiger partial charge in [0.25, 0.3) is 0 Å². The van der Waals surface area contributed by atoms with Crippen molar-refractivity contribution in [1.29, 1.82) is 0 Å². The number of hydrogen-bond donors (Lipinski definition) is 0. The van der Waals surface area contributed by atoms with Crippen molar-refractivity contribution in [3.05, 3.63) is 21.9 Å². The van der Waals surface area contributed by atoms with E-state index in [1.54, 1.807) is 6.07 Å². The molecule has 4 nitrogen and oxygen atoms in total. The average molecular weight is 265 g/mol. The third-order valence-corrected chi connectivity index (χ3v) is 3.99. The van der Waals surface area contributed by atoms with Crippen LogP contribution in [0.4, 0.5) is 0 Å². The number of ketones is 1. The van der Waals surface area contributed by atoms with Crippen molar-refractivity contribution < 1.29 is 14.4 Å². The maximum absolute atomic E-state index is 12.0. The van der Waals surface area contributed by atoms with E-state index in [9.17, 15) is 14.4 Å². The Morgan fingerprint density at radius 3 is 2.33 bits per heavy atom. The molecule has 1 aliphatic rings. The molecule has 1 fully saturated rings. The average Bonchev–Trinajstić information content (AvgIpc) is 2.71. The molecule has 0 bridgehead atoms. The molecule has 2 heterocycles. The van der Waals surface area contributed by atoms with E-state index >= 15 is 0 Å². The van der Waals surface area contributed by atoms with E-state index in [1.165, 1.54) is 11.3 Å². The molecule has 2 rings (SSSR count). The second kappa shape index (κ2) is 5.44. The molecular weight excluding hydrogens is 250 g/mol. The molecule has 0 atom stereocenters. The van der Waals surface area contributed by atoms with E-state index in [4.69, 9.17) is 0 Å². The van der Waals surface area contributed by atoms with Crippen LogP contribution in [0.5, 0.6) is 0 Å². The summed E-state index contributed by atoms with van der Waals surface area (Å²) in [5.41, 5.74) is 0. The predicted molar refractivity (Wildman–Crippen MR) is 68.6 cm³/mol. The quantitative estimate of drug-likeness (QED) is 0.621. The molecule has 0 spiro atoms. The van der Waals surface area contributed by atoms with Gasteiger partial charge < -0.3 is 0 Å². The van der Waals surface area contributed by atoms with Crippen molar-refractivity contribution >= 4 is 28.9 Å². The van der Waals surface area contributed by atoms with E-state index in [1.807, 2.05) is 13.0 Å². The van der Waals surface area contributed by atoms with Crippen molar-refractivity contribution in [3.63, 3.8) is 0 Å². The lowest BCUT2D eigenvalue weighted by molar-refractivity contribution is -0.143. The second-order valence-electron chi connectivity index (χ2n) is 4.41. The predicted octanol–water partition coefficient (Wildman–Crippen LogP) is 2.17. The molecule has 0 aromatic carbocycles. The van der Waals surface area contributed by atoms with Gasteiger partial charge in [0.05, 0.1) is 11.4 Å². The van der Waals surface area contributed by atoms with Gasteiger partial charge in [-0.25, -0.2) is 0 Å². The first kappa shape index (κ1) is 13.0. The summed E-state index contributed by atoms with van der Waals surface area (Å²) in [6, 6.07) is 3.61. The minimum Gasteiger partial charge on any atom is -0.291 e. The highest BCUT2D eigenvalue weighted by Gasteiger charge is 2.26. The van der Waals surface area contributed by atoms with Crippen molar-refractivity contribution in [2.75, 3.05) is 6.54 Å². The minimum atomic E-state index is -0.223. The molecule has 96 valence electrons. The molecule has 0 saturated carbocycles. The number of hydrogen-bond acceptors (Lipinski definition) is 4. The third-order valence-electron chi connectivity index (χ3n) is 2.95. The Morgan fingerprint density at radius 1 is 1.22 bits per heavy atom. The van der Waals surface area contributed by atoms with Gasteiger partial charge in [0.2, 0.25) is 11.8 Å². The van der Waals surface area contributed by atoms with Crippen LogP contribution in [-0.2, 0) is 9.59 Å². The summed E-state index contributed by atoms with van der Waals surface area (Å²) in [6.07, 6.45) is 2.19. The molecule has 0 unspecified atom stereocenters. The van der Waals surface area contributed by atoms with Crippen molar-refractivity contribution in [2.24, 2.45) is 0 Å². The minimum absolute atomic E-state index is 0.113. The topological polar surface area (TPSA) is 54.5 Å². The number of aryl methyl sites for hydroxylation is 1. The number of carbonyl (C=O) groups excluding carboxylic acids is 3. The fraction of sp³-hybridized carbons (Fsp3) is 0.462. The zero-order valence-electron chi connectivity index (χ0n) is 10.3. The smallest absolute Gasteiger partial charge is 0.229 e. The molecule has 0 N–H and O–H groups in total. The van der Waals surface area contributed by atoms with Crippen LogP contribution in [0.2, 0.25) is 0 Å². The maximum atomic E-state index is 12.0. The Kier molecular flexibility index (Phi) is 3.91. The van der Waals surface area contributed by atoms with E-state index in [0.29, 0.717) is 17.7 Å². The Morgan fingerprint density at radius 2 is 1.83 bits per heavy atom. The number of likely N-dealkylation sites (tertiary alicyclic amines) is 1. The van der Waals surface area contributed by atoms with Crippen LogP contribution in [0.25, 0.3) is 0 Å². The fourth-order valence-corrected chi connectivity index (χ4v) is 2.74. The first-order valence-electron chi connectivity index (χ1n) is 6.01. The van der Waals surface area contributed by atoms with Gasteiger partial charge in [-0.2, -0.15) is 0 Å². The van der Waals surface area contributed by atoms with Crippen LogP contribution >= 0.6 is 11.3 Å². The van der Waals surface area contributed by atoms with E-state index in [0.717, 1.165) is 22.6 Å². The van der Waals surface area contributed by atoms with Gasteiger partial charge in [0, 0.05) is 17.7 Å². The largest absolute Gasteiger partial charge is 0.291 e. The molecule has 5 heteroatoms. The normalized spacial score (nSPS) is 16.8. The summed E-state index contributed by atoms with van der Waals surface area (Å²) in [5.74, 6) is -0.602. The van der Waals surface area contributed by atoms with Gasteiger partial charge >= 0.3 is 0 Å². The number of nitrogens with zero attached hydrogens (tertiary/aromatic N) is 1. The van der Waals surface area contributed by atoms with E-state index < -0.39 is 0 Å². The molecule has 2 amide bonds. The van der Waals surface area contributed by atoms with Crippen LogP contribution < -0.4 is 0 Å². The summed E-state index contributed by atoms with van der Waals surface area (Å²) in [6.45, 7) is 1.81. The fourth-order valence-electron chi connectivity index (χ4n) is 1.94. The number of carbonyl (C=O) groups is 3. The summed E-state index contributed by atoms with van der Waals surface area (Å²) >= 11 is 1.39. The van der Waals surface area contributed by atoms with Crippen LogP contribution in [-0.4, -0.2) is 29.0 Å². The molecule has 1 aliphatic heterocycles. The van der Waals surface area contributed by atoms with Crippen LogP contribution in [0.15, 0.2) is 12.1 Å². The molecule has 1 aromatic heterocycles.